The Labute approximate surface area is 114 Å². The van der Waals surface area contributed by atoms with Crippen LogP contribution in [0, 0.1) is 5.92 Å². The van der Waals surface area contributed by atoms with E-state index < -0.39 is 12.1 Å². The molecule has 1 atom stereocenters. The molecule has 4 nitrogen and oxygen atoms in total. The largest absolute Gasteiger partial charge is 0.491 e. The maximum atomic E-state index is 10.9. The molecule has 0 spiro atoms. The molecule has 0 aromatic heterocycles. The minimum absolute atomic E-state index is 0.0536. The summed E-state index contributed by atoms with van der Waals surface area (Å²) in [5.41, 5.74) is 1.26. The molecule has 0 amide bonds. The highest BCUT2D eigenvalue weighted by Gasteiger charge is 2.11. The molecule has 0 radical (unpaired) electrons. The van der Waals surface area contributed by atoms with Gasteiger partial charge in [-0.05, 0) is 30.0 Å². The van der Waals surface area contributed by atoms with Crippen LogP contribution in [0.2, 0.25) is 0 Å². The van der Waals surface area contributed by atoms with E-state index in [-0.39, 0.29) is 13.0 Å². The van der Waals surface area contributed by atoms with Gasteiger partial charge >= 0.3 is 5.97 Å². The average Bonchev–Trinajstić information content (AvgIpc) is 2.37. The third-order valence-corrected chi connectivity index (χ3v) is 2.64. The Kier molecular flexibility index (Phi) is 6.36. The van der Waals surface area contributed by atoms with Crippen molar-refractivity contribution in [2.24, 2.45) is 5.92 Å². The minimum atomic E-state index is -0.845. The van der Waals surface area contributed by atoms with Gasteiger partial charge in [0.2, 0.25) is 0 Å². The molecule has 1 aromatic rings. The van der Waals surface area contributed by atoms with E-state index >= 15 is 0 Å². The van der Waals surface area contributed by atoms with Crippen molar-refractivity contribution in [2.45, 2.75) is 32.8 Å². The summed E-state index contributed by atoms with van der Waals surface area (Å²) in [5, 5.41) is 9.56. The summed E-state index contributed by atoms with van der Waals surface area (Å²) in [4.78, 5) is 10.9. The van der Waals surface area contributed by atoms with E-state index in [0.29, 0.717) is 11.7 Å². The highest BCUT2D eigenvalue weighted by molar-refractivity contribution is 5.69. The molecule has 0 aliphatic rings. The van der Waals surface area contributed by atoms with Crippen LogP contribution in [0.25, 0.3) is 0 Å². The van der Waals surface area contributed by atoms with E-state index in [0.717, 1.165) is 6.42 Å². The van der Waals surface area contributed by atoms with E-state index in [1.807, 2.05) is 24.3 Å². The Morgan fingerprint density at radius 2 is 1.89 bits per heavy atom. The van der Waals surface area contributed by atoms with E-state index in [1.54, 1.807) is 0 Å². The lowest BCUT2D eigenvalue weighted by atomic mass is 10.0. The van der Waals surface area contributed by atoms with Gasteiger partial charge in [0.05, 0.1) is 19.6 Å². The van der Waals surface area contributed by atoms with Gasteiger partial charge in [-0.25, -0.2) is 0 Å². The molecular formula is C15H22O4. The van der Waals surface area contributed by atoms with E-state index in [2.05, 4.69) is 18.6 Å². The number of aliphatic hydroxyl groups excluding tert-OH is 1. The molecule has 0 heterocycles. The van der Waals surface area contributed by atoms with Crippen LogP contribution in [-0.2, 0) is 16.0 Å². The first-order valence-corrected chi connectivity index (χ1v) is 6.48. The van der Waals surface area contributed by atoms with Gasteiger partial charge in [-0.15, -0.1) is 0 Å². The quantitative estimate of drug-likeness (QED) is 0.769. The Morgan fingerprint density at radius 1 is 1.26 bits per heavy atom. The molecule has 1 rings (SSSR count). The number of carbonyl (C=O) groups excluding carboxylic acids is 1. The molecule has 0 saturated carbocycles. The topological polar surface area (TPSA) is 55.8 Å². The molecular weight excluding hydrogens is 244 g/mol. The van der Waals surface area contributed by atoms with Gasteiger partial charge in [0.15, 0.2) is 0 Å². The number of ether oxygens (including phenoxy) is 2. The normalized spacial score (nSPS) is 12.3. The Morgan fingerprint density at radius 3 is 2.42 bits per heavy atom. The van der Waals surface area contributed by atoms with Crippen LogP contribution in [0.15, 0.2) is 24.3 Å². The lowest BCUT2D eigenvalue weighted by Crippen LogP contribution is -2.21. The number of esters is 1. The van der Waals surface area contributed by atoms with Gasteiger partial charge in [0.25, 0.3) is 0 Å². The summed E-state index contributed by atoms with van der Waals surface area (Å²) in [7, 11) is 1.29. The maximum absolute atomic E-state index is 10.9. The first kappa shape index (κ1) is 15.5. The highest BCUT2D eigenvalue weighted by Crippen LogP contribution is 2.15. The lowest BCUT2D eigenvalue weighted by Gasteiger charge is -2.12. The molecule has 4 heteroatoms. The second kappa shape index (κ2) is 7.79. The van der Waals surface area contributed by atoms with Gasteiger partial charge in [0.1, 0.15) is 12.4 Å². The Balaban J connectivity index is 2.39. The van der Waals surface area contributed by atoms with Crippen molar-refractivity contribution in [3.8, 4) is 5.75 Å². The summed E-state index contributed by atoms with van der Waals surface area (Å²) in [6, 6.07) is 7.79. The summed E-state index contributed by atoms with van der Waals surface area (Å²) >= 11 is 0. The van der Waals surface area contributed by atoms with Crippen molar-refractivity contribution in [2.75, 3.05) is 13.7 Å². The molecule has 0 aliphatic heterocycles. The zero-order valence-corrected chi connectivity index (χ0v) is 11.8. The lowest BCUT2D eigenvalue weighted by molar-refractivity contribution is -0.143. The van der Waals surface area contributed by atoms with Crippen molar-refractivity contribution in [3.05, 3.63) is 29.8 Å². The SMILES string of the molecule is COC(=O)C[C@@H](O)COc1ccc(CC(C)C)cc1. The molecule has 0 unspecified atom stereocenters. The average molecular weight is 266 g/mol. The molecule has 0 fully saturated rings. The van der Waals surface area contributed by atoms with Crippen molar-refractivity contribution < 1.29 is 19.4 Å². The van der Waals surface area contributed by atoms with Crippen LogP contribution in [0.5, 0.6) is 5.75 Å². The van der Waals surface area contributed by atoms with Crippen LogP contribution in [-0.4, -0.2) is 30.9 Å². The molecule has 1 N–H and O–H groups in total. The van der Waals surface area contributed by atoms with Crippen molar-refractivity contribution in [1.29, 1.82) is 0 Å². The van der Waals surface area contributed by atoms with Crippen molar-refractivity contribution in [1.82, 2.24) is 0 Å². The number of methoxy groups -OCH3 is 1. The highest BCUT2D eigenvalue weighted by atomic mass is 16.5. The molecule has 0 bridgehead atoms. The fourth-order valence-corrected chi connectivity index (χ4v) is 1.72. The predicted octanol–water partition coefficient (Wildman–Crippen LogP) is 2.19. The summed E-state index contributed by atoms with van der Waals surface area (Å²) in [6.07, 6.45) is 0.135. The number of hydrogen-bond donors (Lipinski definition) is 1. The molecule has 0 saturated heterocycles. The van der Waals surface area contributed by atoms with E-state index in [9.17, 15) is 9.90 Å². The van der Waals surface area contributed by atoms with E-state index in [1.165, 1.54) is 12.7 Å². The van der Waals surface area contributed by atoms with Crippen LogP contribution in [0.4, 0.5) is 0 Å². The number of benzene rings is 1. The van der Waals surface area contributed by atoms with Gasteiger partial charge < -0.3 is 14.6 Å². The van der Waals surface area contributed by atoms with Gasteiger partial charge in [0, 0.05) is 0 Å². The van der Waals surface area contributed by atoms with E-state index in [4.69, 9.17) is 4.74 Å². The number of rotatable bonds is 7. The number of aliphatic hydroxyl groups is 1. The number of hydrogen-bond acceptors (Lipinski definition) is 4. The smallest absolute Gasteiger partial charge is 0.308 e. The fraction of sp³-hybridized carbons (Fsp3) is 0.533. The summed E-state index contributed by atoms with van der Waals surface area (Å²) in [5.74, 6) is 0.869. The van der Waals surface area contributed by atoms with Crippen molar-refractivity contribution >= 4 is 5.97 Å². The van der Waals surface area contributed by atoms with Crippen LogP contribution in [0.1, 0.15) is 25.8 Å². The second-order valence-corrected chi connectivity index (χ2v) is 4.99. The summed E-state index contributed by atoms with van der Waals surface area (Å²) < 4.78 is 9.89. The number of carbonyl (C=O) groups is 1. The standard InChI is InChI=1S/C15H22O4/c1-11(2)8-12-4-6-14(7-5-12)19-10-13(16)9-15(17)18-3/h4-7,11,13,16H,8-10H2,1-3H3/t13-/m1/s1. The predicted molar refractivity (Wildman–Crippen MR) is 73.1 cm³/mol. The molecule has 19 heavy (non-hydrogen) atoms. The van der Waals surface area contributed by atoms with Crippen LogP contribution in [0.3, 0.4) is 0 Å². The van der Waals surface area contributed by atoms with Gasteiger partial charge in [-0.2, -0.15) is 0 Å². The Hall–Kier alpha value is -1.55. The summed E-state index contributed by atoms with van der Waals surface area (Å²) in [6.45, 7) is 4.43. The third kappa shape index (κ3) is 6.25. The zero-order chi connectivity index (χ0) is 14.3. The third-order valence-electron chi connectivity index (χ3n) is 2.64. The van der Waals surface area contributed by atoms with Crippen molar-refractivity contribution in [3.63, 3.8) is 0 Å². The van der Waals surface area contributed by atoms with Crippen LogP contribution < -0.4 is 4.74 Å². The zero-order valence-electron chi connectivity index (χ0n) is 11.8. The van der Waals surface area contributed by atoms with Gasteiger partial charge in [-0.1, -0.05) is 26.0 Å². The fourth-order valence-electron chi connectivity index (χ4n) is 1.72. The first-order chi connectivity index (χ1) is 9.01. The monoisotopic (exact) mass is 266 g/mol. The Bertz CT molecular complexity index is 384. The second-order valence-electron chi connectivity index (χ2n) is 4.99. The molecule has 106 valence electrons. The van der Waals surface area contributed by atoms with Crippen LogP contribution >= 0.6 is 0 Å². The molecule has 1 aromatic carbocycles. The van der Waals surface area contributed by atoms with Gasteiger partial charge in [-0.3, -0.25) is 4.79 Å². The maximum Gasteiger partial charge on any atom is 0.308 e. The molecule has 0 aliphatic carbocycles. The minimum Gasteiger partial charge on any atom is -0.491 e. The first-order valence-electron chi connectivity index (χ1n) is 6.48.